The molecule has 1 aliphatic heterocycles. The Labute approximate surface area is 124 Å². The van der Waals surface area contributed by atoms with Gasteiger partial charge in [0.15, 0.2) is 0 Å². The van der Waals surface area contributed by atoms with Crippen LogP contribution in [0.2, 0.25) is 0 Å². The SMILES string of the molecule is Cn1c(CCO)nc(Br)c1-c1ccc2c(c1)CC(=O)N2. The molecule has 6 heteroatoms. The first-order valence-corrected chi connectivity index (χ1v) is 7.14. The van der Waals surface area contributed by atoms with E-state index >= 15 is 0 Å². The summed E-state index contributed by atoms with van der Waals surface area (Å²) in [4.78, 5) is 15.8. The van der Waals surface area contributed by atoms with Gasteiger partial charge in [-0.05, 0) is 33.6 Å². The topological polar surface area (TPSA) is 67.1 Å². The first-order valence-electron chi connectivity index (χ1n) is 6.35. The number of amides is 1. The minimum atomic E-state index is 0.0298. The van der Waals surface area contributed by atoms with Crippen LogP contribution in [0.5, 0.6) is 0 Å². The van der Waals surface area contributed by atoms with Crippen LogP contribution in [0, 0.1) is 0 Å². The van der Waals surface area contributed by atoms with Gasteiger partial charge in [-0.25, -0.2) is 4.98 Å². The molecule has 0 bridgehead atoms. The average molecular weight is 336 g/mol. The fourth-order valence-corrected chi connectivity index (χ4v) is 3.22. The van der Waals surface area contributed by atoms with Crippen molar-refractivity contribution in [3.05, 3.63) is 34.2 Å². The number of rotatable bonds is 3. The van der Waals surface area contributed by atoms with Gasteiger partial charge in [-0.2, -0.15) is 0 Å². The fourth-order valence-electron chi connectivity index (χ4n) is 2.52. The maximum atomic E-state index is 11.4. The highest BCUT2D eigenvalue weighted by atomic mass is 79.9. The molecular weight excluding hydrogens is 322 g/mol. The Morgan fingerprint density at radius 1 is 1.50 bits per heavy atom. The normalized spacial score (nSPS) is 13.4. The fraction of sp³-hybridized carbons (Fsp3) is 0.286. The number of anilines is 1. The number of carbonyl (C=O) groups is 1. The van der Waals surface area contributed by atoms with Gasteiger partial charge >= 0.3 is 0 Å². The minimum Gasteiger partial charge on any atom is -0.396 e. The molecule has 5 nitrogen and oxygen atoms in total. The molecule has 104 valence electrons. The zero-order valence-corrected chi connectivity index (χ0v) is 12.6. The molecule has 2 heterocycles. The highest BCUT2D eigenvalue weighted by Gasteiger charge is 2.20. The molecule has 0 saturated carbocycles. The molecule has 1 aromatic heterocycles. The number of aliphatic hydroxyl groups is 1. The van der Waals surface area contributed by atoms with Gasteiger partial charge < -0.3 is 15.0 Å². The summed E-state index contributed by atoms with van der Waals surface area (Å²) in [7, 11) is 1.93. The summed E-state index contributed by atoms with van der Waals surface area (Å²) in [5, 5.41) is 11.9. The van der Waals surface area contributed by atoms with Gasteiger partial charge in [-0.15, -0.1) is 0 Å². The number of nitrogens with zero attached hydrogens (tertiary/aromatic N) is 2. The first kappa shape index (κ1) is 13.3. The Morgan fingerprint density at radius 2 is 2.30 bits per heavy atom. The Kier molecular flexibility index (Phi) is 3.35. The second-order valence-electron chi connectivity index (χ2n) is 4.80. The number of imidazole rings is 1. The summed E-state index contributed by atoms with van der Waals surface area (Å²) in [6, 6.07) is 5.90. The second kappa shape index (κ2) is 5.03. The number of fused-ring (bicyclic) bond motifs is 1. The van der Waals surface area contributed by atoms with E-state index in [2.05, 4.69) is 26.2 Å². The predicted octanol–water partition coefficient (Wildman–Crippen LogP) is 1.88. The van der Waals surface area contributed by atoms with Gasteiger partial charge in [0.1, 0.15) is 10.4 Å². The van der Waals surface area contributed by atoms with Crippen LogP contribution in [0.3, 0.4) is 0 Å². The molecule has 1 amide bonds. The number of benzene rings is 1. The van der Waals surface area contributed by atoms with Crippen molar-refractivity contribution in [2.24, 2.45) is 7.05 Å². The molecule has 3 rings (SSSR count). The highest BCUT2D eigenvalue weighted by Crippen LogP contribution is 2.33. The highest BCUT2D eigenvalue weighted by molar-refractivity contribution is 9.10. The molecule has 0 radical (unpaired) electrons. The van der Waals surface area contributed by atoms with Crippen molar-refractivity contribution in [2.45, 2.75) is 12.8 Å². The summed E-state index contributed by atoms with van der Waals surface area (Å²) in [5.74, 6) is 0.853. The number of hydrogen-bond acceptors (Lipinski definition) is 3. The van der Waals surface area contributed by atoms with E-state index in [1.807, 2.05) is 29.8 Å². The zero-order chi connectivity index (χ0) is 14.3. The molecule has 2 N–H and O–H groups in total. The van der Waals surface area contributed by atoms with Gasteiger partial charge in [-0.1, -0.05) is 6.07 Å². The van der Waals surface area contributed by atoms with Crippen molar-refractivity contribution < 1.29 is 9.90 Å². The van der Waals surface area contributed by atoms with Crippen molar-refractivity contribution in [1.82, 2.24) is 9.55 Å². The van der Waals surface area contributed by atoms with E-state index in [0.29, 0.717) is 12.8 Å². The Hall–Kier alpha value is -1.66. The monoisotopic (exact) mass is 335 g/mol. The quantitative estimate of drug-likeness (QED) is 0.899. The van der Waals surface area contributed by atoms with Crippen LogP contribution in [0.15, 0.2) is 22.8 Å². The van der Waals surface area contributed by atoms with Crippen LogP contribution in [-0.2, 0) is 24.7 Å². The van der Waals surface area contributed by atoms with Crippen LogP contribution in [0.4, 0.5) is 5.69 Å². The Balaban J connectivity index is 2.06. The third-order valence-corrected chi connectivity index (χ3v) is 4.04. The Morgan fingerprint density at radius 3 is 3.05 bits per heavy atom. The molecular formula is C14H14BrN3O2. The van der Waals surface area contributed by atoms with Crippen LogP contribution < -0.4 is 5.32 Å². The third kappa shape index (κ3) is 2.14. The number of aliphatic hydroxyl groups excluding tert-OH is 1. The molecule has 2 aromatic rings. The van der Waals surface area contributed by atoms with E-state index in [0.717, 1.165) is 32.9 Å². The molecule has 1 aliphatic rings. The minimum absolute atomic E-state index is 0.0298. The van der Waals surface area contributed by atoms with Gasteiger partial charge in [0.25, 0.3) is 0 Å². The first-order chi connectivity index (χ1) is 9.60. The van der Waals surface area contributed by atoms with Gasteiger partial charge in [0, 0.05) is 24.7 Å². The Bertz CT molecular complexity index is 694. The molecule has 1 aromatic carbocycles. The lowest BCUT2D eigenvalue weighted by Gasteiger charge is -2.07. The zero-order valence-electron chi connectivity index (χ0n) is 11.0. The summed E-state index contributed by atoms with van der Waals surface area (Å²) >= 11 is 3.47. The second-order valence-corrected chi connectivity index (χ2v) is 5.55. The molecule has 0 fully saturated rings. The van der Waals surface area contributed by atoms with Gasteiger partial charge in [-0.3, -0.25) is 4.79 Å². The standard InChI is InChI=1S/C14H14BrN3O2/c1-18-11(4-5-19)17-14(15)13(18)8-2-3-10-9(6-8)7-12(20)16-10/h2-3,6,19H,4-5,7H2,1H3,(H,16,20). The smallest absolute Gasteiger partial charge is 0.228 e. The maximum absolute atomic E-state index is 11.4. The van der Waals surface area contributed by atoms with Crippen molar-refractivity contribution in [3.63, 3.8) is 0 Å². The summed E-state index contributed by atoms with van der Waals surface area (Å²) in [6.45, 7) is 0.0688. The largest absolute Gasteiger partial charge is 0.396 e. The lowest BCUT2D eigenvalue weighted by molar-refractivity contribution is -0.115. The summed E-state index contributed by atoms with van der Waals surface area (Å²) in [6.07, 6.45) is 0.933. The number of hydrogen-bond donors (Lipinski definition) is 2. The van der Waals surface area contributed by atoms with E-state index in [4.69, 9.17) is 5.11 Å². The molecule has 20 heavy (non-hydrogen) atoms. The van der Waals surface area contributed by atoms with Crippen molar-refractivity contribution >= 4 is 27.5 Å². The lowest BCUT2D eigenvalue weighted by atomic mass is 10.1. The number of nitrogens with one attached hydrogen (secondary N) is 1. The average Bonchev–Trinajstić information content (AvgIpc) is 2.89. The van der Waals surface area contributed by atoms with Crippen LogP contribution in [-0.4, -0.2) is 27.2 Å². The van der Waals surface area contributed by atoms with Crippen molar-refractivity contribution in [1.29, 1.82) is 0 Å². The molecule has 0 atom stereocenters. The van der Waals surface area contributed by atoms with Gasteiger partial charge in [0.05, 0.1) is 18.7 Å². The van der Waals surface area contributed by atoms with Crippen LogP contribution in [0.25, 0.3) is 11.3 Å². The van der Waals surface area contributed by atoms with Crippen molar-refractivity contribution in [3.8, 4) is 11.3 Å². The van der Waals surface area contributed by atoms with E-state index in [1.54, 1.807) is 0 Å². The molecule has 0 saturated heterocycles. The summed E-state index contributed by atoms with van der Waals surface area (Å²) < 4.78 is 2.72. The molecule has 0 unspecified atom stereocenters. The number of carbonyl (C=O) groups excluding carboxylic acids is 1. The lowest BCUT2D eigenvalue weighted by Crippen LogP contribution is -2.03. The van der Waals surface area contributed by atoms with E-state index < -0.39 is 0 Å². The summed E-state index contributed by atoms with van der Waals surface area (Å²) in [5.41, 5.74) is 3.85. The third-order valence-electron chi connectivity index (χ3n) is 3.48. The van der Waals surface area contributed by atoms with E-state index in [-0.39, 0.29) is 12.5 Å². The number of halogens is 1. The van der Waals surface area contributed by atoms with E-state index in [9.17, 15) is 4.79 Å². The molecule has 0 spiro atoms. The molecule has 0 aliphatic carbocycles. The van der Waals surface area contributed by atoms with Crippen LogP contribution >= 0.6 is 15.9 Å². The van der Waals surface area contributed by atoms with E-state index in [1.165, 1.54) is 0 Å². The number of aromatic nitrogens is 2. The van der Waals surface area contributed by atoms with Crippen molar-refractivity contribution in [2.75, 3.05) is 11.9 Å². The maximum Gasteiger partial charge on any atom is 0.228 e. The van der Waals surface area contributed by atoms with Gasteiger partial charge in [0.2, 0.25) is 5.91 Å². The predicted molar refractivity (Wildman–Crippen MR) is 79.5 cm³/mol. The van der Waals surface area contributed by atoms with Crippen LogP contribution in [0.1, 0.15) is 11.4 Å².